The molecule has 1 rings (SSSR count). The van der Waals surface area contributed by atoms with Gasteiger partial charge in [0.1, 0.15) is 5.15 Å². The molecular weight excluding hydrogens is 179 g/mol. The van der Waals surface area contributed by atoms with Gasteiger partial charge in [-0.2, -0.15) is 0 Å². The summed E-state index contributed by atoms with van der Waals surface area (Å²) in [6.45, 7) is 4.55. The molecular formula is C8H10ClFN2. The van der Waals surface area contributed by atoms with Gasteiger partial charge in [-0.05, 0) is 26.8 Å². The molecule has 0 saturated carbocycles. The van der Waals surface area contributed by atoms with Gasteiger partial charge in [-0.1, -0.05) is 11.6 Å². The normalized spacial score (nSPS) is 11.8. The molecule has 1 aromatic rings. The molecule has 1 heterocycles. The van der Waals surface area contributed by atoms with Crippen LogP contribution in [0.1, 0.15) is 25.4 Å². The summed E-state index contributed by atoms with van der Waals surface area (Å²) in [6, 6.07) is 1.59. The molecule has 0 amide bonds. The van der Waals surface area contributed by atoms with E-state index in [1.54, 1.807) is 13.0 Å². The Labute approximate surface area is 75.8 Å². The average Bonchev–Trinajstić information content (AvgIpc) is 1.82. The van der Waals surface area contributed by atoms with Gasteiger partial charge in [-0.15, -0.1) is 0 Å². The molecule has 4 heteroatoms. The Hall–Kier alpha value is -0.700. The number of nitrogens with zero attached hydrogens (tertiary/aromatic N) is 2. The van der Waals surface area contributed by atoms with Crippen molar-refractivity contribution in [2.24, 2.45) is 0 Å². The van der Waals surface area contributed by atoms with Crippen LogP contribution < -0.4 is 0 Å². The third-order valence-corrected chi connectivity index (χ3v) is 1.55. The molecule has 0 spiro atoms. The van der Waals surface area contributed by atoms with Crippen LogP contribution >= 0.6 is 11.6 Å². The Morgan fingerprint density at radius 1 is 1.42 bits per heavy atom. The SMILES string of the molecule is Cc1cc(Cl)nc(C(C)(C)F)n1. The van der Waals surface area contributed by atoms with E-state index in [0.29, 0.717) is 5.69 Å². The van der Waals surface area contributed by atoms with E-state index in [0.717, 1.165) is 0 Å². The van der Waals surface area contributed by atoms with Crippen molar-refractivity contribution in [3.63, 3.8) is 0 Å². The zero-order chi connectivity index (χ0) is 9.35. The summed E-state index contributed by atoms with van der Waals surface area (Å²) < 4.78 is 13.3. The average molecular weight is 189 g/mol. The molecule has 2 nitrogen and oxygen atoms in total. The molecule has 12 heavy (non-hydrogen) atoms. The Morgan fingerprint density at radius 2 is 2.00 bits per heavy atom. The van der Waals surface area contributed by atoms with Crippen molar-refractivity contribution in [3.05, 3.63) is 22.7 Å². The van der Waals surface area contributed by atoms with Gasteiger partial charge in [0.25, 0.3) is 0 Å². The van der Waals surface area contributed by atoms with Gasteiger partial charge in [0.05, 0.1) is 0 Å². The number of aromatic nitrogens is 2. The quantitative estimate of drug-likeness (QED) is 0.634. The Morgan fingerprint density at radius 3 is 2.42 bits per heavy atom. The van der Waals surface area contributed by atoms with Crippen LogP contribution in [0.5, 0.6) is 0 Å². The van der Waals surface area contributed by atoms with Crippen molar-refractivity contribution in [3.8, 4) is 0 Å². The number of rotatable bonds is 1. The van der Waals surface area contributed by atoms with Crippen LogP contribution in [-0.4, -0.2) is 9.97 Å². The van der Waals surface area contributed by atoms with Gasteiger partial charge in [-0.3, -0.25) is 0 Å². The van der Waals surface area contributed by atoms with E-state index in [1.807, 2.05) is 0 Å². The van der Waals surface area contributed by atoms with Gasteiger partial charge < -0.3 is 0 Å². The lowest BCUT2D eigenvalue weighted by atomic mass is 10.1. The van der Waals surface area contributed by atoms with Gasteiger partial charge in [0, 0.05) is 5.69 Å². The minimum absolute atomic E-state index is 0.132. The van der Waals surface area contributed by atoms with Crippen LogP contribution in [0, 0.1) is 6.92 Å². The molecule has 0 atom stereocenters. The van der Waals surface area contributed by atoms with Gasteiger partial charge in [0.15, 0.2) is 11.5 Å². The number of halogens is 2. The molecule has 0 saturated heterocycles. The zero-order valence-corrected chi connectivity index (χ0v) is 7.98. The highest BCUT2D eigenvalue weighted by Crippen LogP contribution is 2.22. The Balaban J connectivity index is 3.18. The fourth-order valence-corrected chi connectivity index (χ4v) is 1.03. The zero-order valence-electron chi connectivity index (χ0n) is 7.23. The van der Waals surface area contributed by atoms with Gasteiger partial charge in [0.2, 0.25) is 0 Å². The van der Waals surface area contributed by atoms with Crippen molar-refractivity contribution >= 4 is 11.6 Å². The summed E-state index contributed by atoms with van der Waals surface area (Å²) in [5.74, 6) is 0.132. The number of aryl methyl sites for hydroxylation is 1. The third kappa shape index (κ3) is 2.14. The van der Waals surface area contributed by atoms with Crippen LogP contribution in [-0.2, 0) is 5.67 Å². The summed E-state index contributed by atoms with van der Waals surface area (Å²) in [4.78, 5) is 7.72. The highest BCUT2D eigenvalue weighted by molar-refractivity contribution is 6.29. The largest absolute Gasteiger partial charge is 0.236 e. The Bertz CT molecular complexity index is 273. The van der Waals surface area contributed by atoms with Crippen molar-refractivity contribution in [2.75, 3.05) is 0 Å². The summed E-state index contributed by atoms with van der Waals surface area (Å²) in [7, 11) is 0. The lowest BCUT2D eigenvalue weighted by Crippen LogP contribution is -2.14. The predicted octanol–water partition coefficient (Wildman–Crippen LogP) is 2.64. The van der Waals surface area contributed by atoms with Crippen LogP contribution in [0.3, 0.4) is 0 Å². The summed E-state index contributed by atoms with van der Waals surface area (Å²) in [5.41, 5.74) is -0.855. The minimum atomic E-state index is -1.53. The van der Waals surface area contributed by atoms with E-state index in [-0.39, 0.29) is 11.0 Å². The fourth-order valence-electron chi connectivity index (χ4n) is 0.796. The molecule has 0 bridgehead atoms. The predicted molar refractivity (Wildman–Crippen MR) is 45.9 cm³/mol. The second kappa shape index (κ2) is 2.98. The second-order valence-electron chi connectivity index (χ2n) is 3.13. The van der Waals surface area contributed by atoms with E-state index < -0.39 is 5.67 Å². The topological polar surface area (TPSA) is 25.8 Å². The molecule has 0 N–H and O–H groups in total. The first-order valence-corrected chi connectivity index (χ1v) is 3.98. The number of alkyl halides is 1. The number of hydrogen-bond acceptors (Lipinski definition) is 2. The first-order chi connectivity index (χ1) is 5.39. The lowest BCUT2D eigenvalue weighted by molar-refractivity contribution is 0.206. The first-order valence-electron chi connectivity index (χ1n) is 3.60. The minimum Gasteiger partial charge on any atom is -0.236 e. The van der Waals surface area contributed by atoms with Gasteiger partial charge >= 0.3 is 0 Å². The fraction of sp³-hybridized carbons (Fsp3) is 0.500. The summed E-state index contributed by atoms with van der Waals surface area (Å²) in [6.07, 6.45) is 0. The third-order valence-electron chi connectivity index (χ3n) is 1.35. The van der Waals surface area contributed by atoms with E-state index in [9.17, 15) is 4.39 Å². The highest BCUT2D eigenvalue weighted by atomic mass is 35.5. The van der Waals surface area contributed by atoms with Crippen LogP contribution in [0.15, 0.2) is 6.07 Å². The van der Waals surface area contributed by atoms with E-state index >= 15 is 0 Å². The smallest absolute Gasteiger partial charge is 0.167 e. The maximum absolute atomic E-state index is 13.3. The molecule has 0 aliphatic rings. The van der Waals surface area contributed by atoms with Gasteiger partial charge in [-0.25, -0.2) is 14.4 Å². The molecule has 0 aliphatic heterocycles. The molecule has 66 valence electrons. The lowest BCUT2D eigenvalue weighted by Gasteiger charge is -2.12. The van der Waals surface area contributed by atoms with Crippen LogP contribution in [0.4, 0.5) is 4.39 Å². The van der Waals surface area contributed by atoms with Crippen LogP contribution in [0.2, 0.25) is 5.15 Å². The van der Waals surface area contributed by atoms with Crippen molar-refractivity contribution < 1.29 is 4.39 Å². The van der Waals surface area contributed by atoms with E-state index in [1.165, 1.54) is 13.8 Å². The van der Waals surface area contributed by atoms with Crippen molar-refractivity contribution in [1.29, 1.82) is 0 Å². The molecule has 1 aromatic heterocycles. The van der Waals surface area contributed by atoms with Crippen molar-refractivity contribution in [2.45, 2.75) is 26.4 Å². The summed E-state index contributed by atoms with van der Waals surface area (Å²) >= 11 is 5.64. The maximum Gasteiger partial charge on any atom is 0.167 e. The second-order valence-corrected chi connectivity index (χ2v) is 3.52. The molecule has 0 radical (unpaired) electrons. The molecule has 0 unspecified atom stereocenters. The Kier molecular flexibility index (Phi) is 2.33. The first kappa shape index (κ1) is 9.39. The molecule has 0 fully saturated rings. The highest BCUT2D eigenvalue weighted by Gasteiger charge is 2.22. The monoisotopic (exact) mass is 188 g/mol. The molecule has 0 aromatic carbocycles. The maximum atomic E-state index is 13.3. The van der Waals surface area contributed by atoms with Crippen LogP contribution in [0.25, 0.3) is 0 Å². The van der Waals surface area contributed by atoms with E-state index in [2.05, 4.69) is 9.97 Å². The molecule has 0 aliphatic carbocycles. The van der Waals surface area contributed by atoms with Crippen molar-refractivity contribution in [1.82, 2.24) is 9.97 Å². The van der Waals surface area contributed by atoms with E-state index in [4.69, 9.17) is 11.6 Å². The standard InChI is InChI=1S/C8H10ClFN2/c1-5-4-6(9)12-7(11-5)8(2,3)10/h4H,1-3H3. The number of hydrogen-bond donors (Lipinski definition) is 0. The summed E-state index contributed by atoms with van der Waals surface area (Å²) in [5, 5.41) is 0.281.